The van der Waals surface area contributed by atoms with Crippen LogP contribution in [0.1, 0.15) is 23.6 Å². The van der Waals surface area contributed by atoms with Gasteiger partial charge in [-0.1, -0.05) is 23.7 Å². The minimum atomic E-state index is -4.80. The number of amides is 1. The Labute approximate surface area is 215 Å². The number of nitrogens with two attached hydrogens (primary N) is 1. The zero-order valence-corrected chi connectivity index (χ0v) is 20.7. The van der Waals surface area contributed by atoms with Gasteiger partial charge < -0.3 is 26.8 Å². The van der Waals surface area contributed by atoms with Gasteiger partial charge in [0.1, 0.15) is 6.04 Å². The highest BCUT2D eigenvalue weighted by Gasteiger charge is 2.44. The van der Waals surface area contributed by atoms with Crippen molar-refractivity contribution in [1.29, 1.82) is 0 Å². The van der Waals surface area contributed by atoms with E-state index in [1.165, 1.54) is 19.2 Å². The molecule has 2 aromatic rings. The summed E-state index contributed by atoms with van der Waals surface area (Å²) in [5, 5.41) is 18.3. The second kappa shape index (κ2) is 12.0. The third-order valence-electron chi connectivity index (χ3n) is 5.88. The molecule has 0 saturated carbocycles. The molecule has 4 atom stereocenters. The topological polar surface area (TPSA) is 136 Å². The second-order valence-corrected chi connectivity index (χ2v) is 8.96. The quantitative estimate of drug-likeness (QED) is 0.160. The predicted molar refractivity (Wildman–Crippen MR) is 132 cm³/mol. The molecule has 0 spiro atoms. The number of nitrogens with one attached hydrogen (secondary N) is 5. The third-order valence-corrected chi connectivity index (χ3v) is 6.29. The molecule has 202 valence electrons. The summed E-state index contributed by atoms with van der Waals surface area (Å²) >= 11 is 6.18. The molecule has 0 radical (unpaired) electrons. The highest BCUT2D eigenvalue weighted by molar-refractivity contribution is 6.31. The second-order valence-electron chi connectivity index (χ2n) is 8.55. The molecular formula is C23H28ClF4N7O2. The van der Waals surface area contributed by atoms with Crippen LogP contribution < -0.4 is 32.5 Å². The average Bonchev–Trinajstić information content (AvgIpc) is 3.29. The van der Waals surface area contributed by atoms with E-state index in [-0.39, 0.29) is 18.5 Å². The fourth-order valence-corrected chi connectivity index (χ4v) is 3.92. The molecule has 0 aromatic heterocycles. The normalized spacial score (nSPS) is 19.9. The maximum Gasteiger partial charge on any atom is 0.404 e. The van der Waals surface area contributed by atoms with Crippen molar-refractivity contribution in [3.05, 3.63) is 58.4 Å². The number of carbonyl (C=O) groups excluding carboxylic acids is 1. The summed E-state index contributed by atoms with van der Waals surface area (Å²) in [5.41, 5.74) is 12.9. The Morgan fingerprint density at radius 2 is 2.03 bits per heavy atom. The predicted octanol–water partition coefficient (Wildman–Crippen LogP) is 2.67. The van der Waals surface area contributed by atoms with E-state index in [1.54, 1.807) is 31.2 Å². The van der Waals surface area contributed by atoms with Crippen molar-refractivity contribution in [3.63, 3.8) is 0 Å². The highest BCUT2D eigenvalue weighted by Crippen LogP contribution is 2.27. The van der Waals surface area contributed by atoms with E-state index in [0.717, 1.165) is 0 Å². The van der Waals surface area contributed by atoms with Crippen LogP contribution in [0, 0.1) is 18.7 Å². The molecule has 1 amide bonds. The maximum absolute atomic E-state index is 13.8. The van der Waals surface area contributed by atoms with Gasteiger partial charge in [-0.15, -0.1) is 0 Å². The smallest absolute Gasteiger partial charge is 0.404 e. The molecule has 0 bridgehead atoms. The first-order chi connectivity index (χ1) is 17.4. The number of hydrazine groups is 1. The van der Waals surface area contributed by atoms with Crippen LogP contribution in [0.5, 0.6) is 5.75 Å². The van der Waals surface area contributed by atoms with Crippen molar-refractivity contribution in [2.75, 3.05) is 18.9 Å². The van der Waals surface area contributed by atoms with E-state index < -0.39 is 41.8 Å². The van der Waals surface area contributed by atoms with Gasteiger partial charge in [0.15, 0.2) is 11.6 Å². The average molecular weight is 546 g/mol. The van der Waals surface area contributed by atoms with Gasteiger partial charge in [-0.3, -0.25) is 4.79 Å². The molecule has 4 unspecified atom stereocenters. The fraction of sp³-hybridized carbons (Fsp3) is 0.391. The zero-order chi connectivity index (χ0) is 27.3. The molecule has 0 aliphatic carbocycles. The van der Waals surface area contributed by atoms with E-state index in [2.05, 4.69) is 31.8 Å². The number of anilines is 1. The largest absolute Gasteiger partial charge is 0.505 e. The number of benzene rings is 2. The molecule has 8 N–H and O–H groups in total. The van der Waals surface area contributed by atoms with Gasteiger partial charge in [-0.2, -0.15) is 18.2 Å². The molecule has 3 rings (SSSR count). The SMILES string of the molecule is CNCC(C(=O)/N=C(/Nc1cccc(Cl)c1C)NC1CC(c2ccc(O)c(F)c2)NN1)C(N)C(F)(F)F. The van der Waals surface area contributed by atoms with Crippen molar-refractivity contribution in [2.24, 2.45) is 16.6 Å². The number of aromatic hydroxyl groups is 1. The number of hydrogen-bond acceptors (Lipinski definition) is 6. The van der Waals surface area contributed by atoms with E-state index in [4.69, 9.17) is 17.3 Å². The van der Waals surface area contributed by atoms with Crippen LogP contribution in [0.15, 0.2) is 41.4 Å². The first-order valence-corrected chi connectivity index (χ1v) is 11.7. The van der Waals surface area contributed by atoms with Gasteiger partial charge in [0, 0.05) is 29.7 Å². The van der Waals surface area contributed by atoms with Gasteiger partial charge in [0.25, 0.3) is 5.91 Å². The minimum absolute atomic E-state index is 0.136. The monoisotopic (exact) mass is 545 g/mol. The van der Waals surface area contributed by atoms with Crippen LogP contribution in [-0.4, -0.2) is 48.9 Å². The fourth-order valence-electron chi connectivity index (χ4n) is 3.75. The molecule has 37 heavy (non-hydrogen) atoms. The van der Waals surface area contributed by atoms with Crippen LogP contribution in [0.25, 0.3) is 0 Å². The molecule has 2 aromatic carbocycles. The summed E-state index contributed by atoms with van der Waals surface area (Å²) in [6.07, 6.45) is -5.05. The molecule has 1 heterocycles. The van der Waals surface area contributed by atoms with Crippen molar-refractivity contribution >= 4 is 29.2 Å². The Morgan fingerprint density at radius 1 is 1.30 bits per heavy atom. The summed E-state index contributed by atoms with van der Waals surface area (Å²) in [7, 11) is 1.40. The van der Waals surface area contributed by atoms with Crippen LogP contribution in [0.4, 0.5) is 23.2 Å². The third kappa shape index (κ3) is 7.29. The number of aliphatic imine (C=N–C) groups is 1. The van der Waals surface area contributed by atoms with Crippen LogP contribution in [0.3, 0.4) is 0 Å². The van der Waals surface area contributed by atoms with Gasteiger partial charge in [-0.25, -0.2) is 15.2 Å². The summed E-state index contributed by atoms with van der Waals surface area (Å²) < 4.78 is 53.7. The number of phenolic OH excluding ortho intramolecular Hbond substituents is 1. The van der Waals surface area contributed by atoms with Crippen LogP contribution >= 0.6 is 11.6 Å². The van der Waals surface area contributed by atoms with Gasteiger partial charge in [0.2, 0.25) is 5.96 Å². The minimum Gasteiger partial charge on any atom is -0.505 e. The maximum atomic E-state index is 13.8. The lowest BCUT2D eigenvalue weighted by Gasteiger charge is -2.24. The Kier molecular flexibility index (Phi) is 9.31. The zero-order valence-electron chi connectivity index (χ0n) is 20.0. The number of hydrogen-bond donors (Lipinski definition) is 7. The first-order valence-electron chi connectivity index (χ1n) is 11.3. The summed E-state index contributed by atoms with van der Waals surface area (Å²) in [6, 6.07) is 6.14. The summed E-state index contributed by atoms with van der Waals surface area (Å²) in [5.74, 6) is -4.16. The Morgan fingerprint density at radius 3 is 2.68 bits per heavy atom. The standard InChI is InChI=1S/C23H28ClF4N7O2/c1-11-14(24)4-3-5-16(11)31-22(33-21(37)13(10-30-2)20(29)23(26,27)28)32-19-9-17(34-35-19)12-6-7-18(36)15(25)8-12/h3-8,13,17,19-20,30,34-36H,9-10,29H2,1-2H3,(H2,31,32,33,37). The van der Waals surface area contributed by atoms with Gasteiger partial charge in [-0.05, 0) is 49.4 Å². The Bertz CT molecular complexity index is 1150. The number of nitrogens with zero attached hydrogens (tertiary/aromatic N) is 1. The molecule has 9 nitrogen and oxygen atoms in total. The number of phenols is 1. The number of guanidine groups is 1. The van der Waals surface area contributed by atoms with Crippen molar-refractivity contribution in [1.82, 2.24) is 21.5 Å². The van der Waals surface area contributed by atoms with Crippen LogP contribution in [-0.2, 0) is 4.79 Å². The lowest BCUT2D eigenvalue weighted by molar-refractivity contribution is -0.164. The Hall–Kier alpha value is -2.97. The highest BCUT2D eigenvalue weighted by atomic mass is 35.5. The van der Waals surface area contributed by atoms with Crippen molar-refractivity contribution in [2.45, 2.75) is 37.8 Å². The number of rotatable bonds is 7. The van der Waals surface area contributed by atoms with E-state index >= 15 is 0 Å². The summed E-state index contributed by atoms with van der Waals surface area (Å²) in [4.78, 5) is 16.8. The molecule has 1 aliphatic heterocycles. The van der Waals surface area contributed by atoms with Crippen molar-refractivity contribution < 1.29 is 27.5 Å². The lowest BCUT2D eigenvalue weighted by atomic mass is 9.99. The first kappa shape index (κ1) is 28.6. The number of halogens is 5. The number of carbonyl (C=O) groups is 1. The van der Waals surface area contributed by atoms with E-state index in [9.17, 15) is 27.5 Å². The molecule has 1 fully saturated rings. The van der Waals surface area contributed by atoms with Crippen LogP contribution in [0.2, 0.25) is 5.02 Å². The van der Waals surface area contributed by atoms with E-state index in [0.29, 0.717) is 28.3 Å². The molecular weight excluding hydrogens is 518 g/mol. The van der Waals surface area contributed by atoms with E-state index in [1.807, 2.05) is 0 Å². The van der Waals surface area contributed by atoms with Gasteiger partial charge in [0.05, 0.1) is 12.1 Å². The molecule has 1 aliphatic rings. The number of alkyl halides is 3. The Balaban J connectivity index is 1.86. The van der Waals surface area contributed by atoms with Crippen molar-refractivity contribution in [3.8, 4) is 5.75 Å². The molecule has 1 saturated heterocycles. The van der Waals surface area contributed by atoms with Gasteiger partial charge >= 0.3 is 6.18 Å². The lowest BCUT2D eigenvalue weighted by Crippen LogP contribution is -2.51. The summed E-state index contributed by atoms with van der Waals surface area (Å²) in [6.45, 7) is 1.38. The molecule has 14 heteroatoms.